The number of benzene rings is 1. The molecule has 6 nitrogen and oxygen atoms in total. The number of methoxy groups -OCH3 is 1. The Bertz CT molecular complexity index is 486. The topological polar surface area (TPSA) is 87.1 Å². The molecule has 0 fully saturated rings. The lowest BCUT2D eigenvalue weighted by Gasteiger charge is -2.27. The third-order valence-corrected chi connectivity index (χ3v) is 2.81. The number of hydrogen-bond acceptors (Lipinski definition) is 4. The van der Waals surface area contributed by atoms with Crippen molar-refractivity contribution >= 4 is 11.9 Å². The molecule has 1 unspecified atom stereocenters. The predicted molar refractivity (Wildman–Crippen MR) is 68.1 cm³/mol. The summed E-state index contributed by atoms with van der Waals surface area (Å²) in [6.45, 7) is 3.27. The molecule has 1 atom stereocenters. The number of carboxylic acid groups (broad SMARTS) is 1. The second-order valence-corrected chi connectivity index (χ2v) is 3.98. The van der Waals surface area contributed by atoms with Crippen LogP contribution in [0.5, 0.6) is 11.5 Å². The van der Waals surface area contributed by atoms with Crippen LogP contribution in [0.15, 0.2) is 18.2 Å². The molecule has 1 aromatic carbocycles. The fourth-order valence-electron chi connectivity index (χ4n) is 1.92. The first-order chi connectivity index (χ1) is 8.92. The van der Waals surface area contributed by atoms with Gasteiger partial charge < -0.3 is 19.8 Å². The Hall–Kier alpha value is -2.24. The maximum Gasteiger partial charge on any atom is 0.331 e. The summed E-state index contributed by atoms with van der Waals surface area (Å²) in [5.41, 5.74) is 0.322. The van der Waals surface area contributed by atoms with Gasteiger partial charge in [0.2, 0.25) is 5.91 Å². The van der Waals surface area contributed by atoms with Crippen LogP contribution in [-0.2, 0) is 9.59 Å². The molecule has 0 saturated heterocycles. The zero-order valence-corrected chi connectivity index (χ0v) is 11.1. The van der Waals surface area contributed by atoms with E-state index < -0.39 is 12.0 Å². The molecule has 0 saturated carbocycles. The van der Waals surface area contributed by atoms with E-state index in [-0.39, 0.29) is 24.0 Å². The Labute approximate surface area is 111 Å². The van der Waals surface area contributed by atoms with Crippen molar-refractivity contribution < 1.29 is 24.5 Å². The first-order valence-electron chi connectivity index (χ1n) is 5.79. The highest BCUT2D eigenvalue weighted by Crippen LogP contribution is 2.31. The average molecular weight is 267 g/mol. The fourth-order valence-corrected chi connectivity index (χ4v) is 1.92. The van der Waals surface area contributed by atoms with Gasteiger partial charge in [-0.1, -0.05) is 6.07 Å². The third kappa shape index (κ3) is 3.15. The van der Waals surface area contributed by atoms with Gasteiger partial charge in [0, 0.05) is 13.5 Å². The minimum Gasteiger partial charge on any atom is -0.504 e. The summed E-state index contributed by atoms with van der Waals surface area (Å²) in [7, 11) is 1.40. The van der Waals surface area contributed by atoms with Crippen molar-refractivity contribution in [1.82, 2.24) is 4.90 Å². The number of aliphatic carboxylic acids is 1. The first kappa shape index (κ1) is 14.8. The van der Waals surface area contributed by atoms with E-state index in [0.717, 1.165) is 0 Å². The van der Waals surface area contributed by atoms with Crippen LogP contribution in [0.3, 0.4) is 0 Å². The zero-order chi connectivity index (χ0) is 14.6. The molecule has 1 aromatic rings. The Morgan fingerprint density at radius 3 is 2.42 bits per heavy atom. The summed E-state index contributed by atoms with van der Waals surface area (Å²) in [6.07, 6.45) is 0. The van der Waals surface area contributed by atoms with Crippen molar-refractivity contribution in [1.29, 1.82) is 0 Å². The molecule has 104 valence electrons. The van der Waals surface area contributed by atoms with E-state index in [1.165, 1.54) is 37.1 Å². The van der Waals surface area contributed by atoms with Gasteiger partial charge in [-0.15, -0.1) is 0 Å². The summed E-state index contributed by atoms with van der Waals surface area (Å²) >= 11 is 0. The fraction of sp³-hybridized carbons (Fsp3) is 0.385. The minimum absolute atomic E-state index is 0.161. The van der Waals surface area contributed by atoms with E-state index in [1.54, 1.807) is 6.92 Å². The second kappa shape index (κ2) is 6.08. The molecule has 2 N–H and O–H groups in total. The van der Waals surface area contributed by atoms with Crippen molar-refractivity contribution in [2.45, 2.75) is 19.9 Å². The summed E-state index contributed by atoms with van der Waals surface area (Å²) < 4.78 is 4.90. The third-order valence-electron chi connectivity index (χ3n) is 2.81. The minimum atomic E-state index is -1.15. The molecular weight excluding hydrogens is 250 g/mol. The number of phenolic OH excluding ortho intramolecular Hbond substituents is 1. The molecule has 0 heterocycles. The molecule has 0 radical (unpaired) electrons. The summed E-state index contributed by atoms with van der Waals surface area (Å²) in [5, 5.41) is 19.0. The smallest absolute Gasteiger partial charge is 0.331 e. The molecule has 6 heteroatoms. The van der Waals surface area contributed by atoms with Crippen LogP contribution >= 0.6 is 0 Å². The van der Waals surface area contributed by atoms with Gasteiger partial charge in [0.1, 0.15) is 0 Å². The Morgan fingerprint density at radius 1 is 1.42 bits per heavy atom. The molecule has 1 rings (SSSR count). The predicted octanol–water partition coefficient (Wildman–Crippen LogP) is 1.39. The van der Waals surface area contributed by atoms with E-state index >= 15 is 0 Å². The van der Waals surface area contributed by atoms with Gasteiger partial charge in [-0.05, 0) is 24.6 Å². The van der Waals surface area contributed by atoms with Gasteiger partial charge in [-0.25, -0.2) is 4.79 Å². The van der Waals surface area contributed by atoms with Crippen molar-refractivity contribution in [3.05, 3.63) is 23.8 Å². The maximum atomic E-state index is 11.5. The molecule has 0 aliphatic heterocycles. The highest BCUT2D eigenvalue weighted by Gasteiger charge is 2.28. The number of carbonyl (C=O) groups excluding carboxylic acids is 1. The van der Waals surface area contributed by atoms with Crippen molar-refractivity contribution in [3.8, 4) is 11.5 Å². The number of nitrogens with zero attached hydrogens (tertiary/aromatic N) is 1. The molecule has 0 aromatic heterocycles. The number of carbonyl (C=O) groups is 2. The van der Waals surface area contributed by atoms with Gasteiger partial charge in [0.05, 0.1) is 7.11 Å². The largest absolute Gasteiger partial charge is 0.504 e. The Kier molecular flexibility index (Phi) is 4.74. The molecule has 0 bridgehead atoms. The number of phenols is 1. The number of amides is 1. The molecule has 0 aliphatic carbocycles. The van der Waals surface area contributed by atoms with Gasteiger partial charge >= 0.3 is 5.97 Å². The molecule has 0 spiro atoms. The van der Waals surface area contributed by atoms with Crippen LogP contribution in [0.2, 0.25) is 0 Å². The molecular formula is C13H17NO5. The molecule has 1 amide bonds. The SMILES string of the molecule is CCN(C(C)=O)C(C(=O)O)c1ccc(OC)c(O)c1. The molecule has 19 heavy (non-hydrogen) atoms. The van der Waals surface area contributed by atoms with Gasteiger partial charge in [-0.3, -0.25) is 4.79 Å². The van der Waals surface area contributed by atoms with Crippen LogP contribution in [0.1, 0.15) is 25.5 Å². The van der Waals surface area contributed by atoms with Crippen LogP contribution in [0.25, 0.3) is 0 Å². The monoisotopic (exact) mass is 267 g/mol. The summed E-state index contributed by atoms with van der Waals surface area (Å²) in [4.78, 5) is 24.1. The van der Waals surface area contributed by atoms with Crippen molar-refractivity contribution in [2.75, 3.05) is 13.7 Å². The van der Waals surface area contributed by atoms with Gasteiger partial charge in [-0.2, -0.15) is 0 Å². The van der Waals surface area contributed by atoms with Crippen LogP contribution < -0.4 is 4.74 Å². The van der Waals surface area contributed by atoms with Crippen LogP contribution in [-0.4, -0.2) is 40.6 Å². The van der Waals surface area contributed by atoms with Crippen LogP contribution in [0.4, 0.5) is 0 Å². The van der Waals surface area contributed by atoms with Gasteiger partial charge in [0.25, 0.3) is 0 Å². The van der Waals surface area contributed by atoms with Gasteiger partial charge in [0.15, 0.2) is 17.5 Å². The normalized spacial score (nSPS) is 11.7. The molecule has 0 aliphatic rings. The van der Waals surface area contributed by atoms with E-state index in [0.29, 0.717) is 5.56 Å². The number of hydrogen-bond donors (Lipinski definition) is 2. The lowest BCUT2D eigenvalue weighted by atomic mass is 10.0. The Balaban J connectivity index is 3.23. The zero-order valence-electron chi connectivity index (χ0n) is 11.1. The van der Waals surface area contributed by atoms with Crippen molar-refractivity contribution in [3.63, 3.8) is 0 Å². The number of ether oxygens (including phenoxy) is 1. The average Bonchev–Trinajstić information content (AvgIpc) is 2.34. The van der Waals surface area contributed by atoms with E-state index in [9.17, 15) is 19.8 Å². The van der Waals surface area contributed by atoms with E-state index in [1.807, 2.05) is 0 Å². The number of rotatable bonds is 5. The number of aromatic hydroxyl groups is 1. The first-order valence-corrected chi connectivity index (χ1v) is 5.79. The van der Waals surface area contributed by atoms with Crippen molar-refractivity contribution in [2.24, 2.45) is 0 Å². The quantitative estimate of drug-likeness (QED) is 0.842. The standard InChI is InChI=1S/C13H17NO5/c1-4-14(8(2)15)12(13(17)18)9-5-6-11(19-3)10(16)7-9/h5-7,12,16H,4H2,1-3H3,(H,17,18). The lowest BCUT2D eigenvalue weighted by Crippen LogP contribution is -2.37. The number of carboxylic acids is 1. The van der Waals surface area contributed by atoms with E-state index in [2.05, 4.69) is 0 Å². The summed E-state index contributed by atoms with van der Waals surface area (Å²) in [5.74, 6) is -1.41. The highest BCUT2D eigenvalue weighted by molar-refractivity contribution is 5.83. The maximum absolute atomic E-state index is 11.5. The van der Waals surface area contributed by atoms with Crippen LogP contribution in [0, 0.1) is 0 Å². The van der Waals surface area contributed by atoms with E-state index in [4.69, 9.17) is 4.74 Å². The summed E-state index contributed by atoms with van der Waals surface area (Å²) in [6, 6.07) is 3.15. The highest BCUT2D eigenvalue weighted by atomic mass is 16.5. The lowest BCUT2D eigenvalue weighted by molar-refractivity contribution is -0.149. The Morgan fingerprint density at radius 2 is 2.05 bits per heavy atom. The number of likely N-dealkylation sites (N-methyl/N-ethyl adjacent to an activating group) is 1. The second-order valence-electron chi connectivity index (χ2n) is 3.98.